The lowest BCUT2D eigenvalue weighted by atomic mass is 9.49. The van der Waals surface area contributed by atoms with Crippen LogP contribution in [0.2, 0.25) is 0 Å². The summed E-state index contributed by atoms with van der Waals surface area (Å²) < 4.78 is 426. The number of hydrogen-bond donors (Lipinski definition) is 0. The summed E-state index contributed by atoms with van der Waals surface area (Å²) in [7, 11) is 0. The predicted molar refractivity (Wildman–Crippen MR) is 79.7 cm³/mol. The molecule has 0 aliphatic heterocycles. The molecule has 0 heterocycles. The molecule has 0 N–H and O–H groups in total. The Morgan fingerprint density at radius 2 is 0.340 bits per heavy atom. The Morgan fingerprint density at radius 1 is 0.191 bits per heavy atom. The van der Waals surface area contributed by atoms with E-state index in [4.69, 9.17) is 0 Å². The number of rotatable bonds is 2. The Bertz CT molecular complexity index is 1320. The van der Waals surface area contributed by atoms with Crippen LogP contribution in [-0.4, -0.2) is 99.7 Å². The lowest BCUT2D eigenvalue weighted by Crippen LogP contribution is -3.02. The first-order valence-corrected chi connectivity index (χ1v) is 10.4. The van der Waals surface area contributed by atoms with Gasteiger partial charge in [0.2, 0.25) is 0 Å². The summed E-state index contributed by atoms with van der Waals surface area (Å²) in [6, 6.07) is 0. The Kier molecular flexibility index (Phi) is 6.78. The monoisotopic (exact) mass is 774 g/mol. The maximum atomic E-state index is 15.3. The minimum absolute atomic E-state index is 8.79. The van der Waals surface area contributed by atoms with E-state index in [-0.39, 0.29) is 0 Å². The van der Waals surface area contributed by atoms with Gasteiger partial charge in [0.05, 0.1) is 0 Å². The summed E-state index contributed by atoms with van der Waals surface area (Å²) in [5.74, 6) is -125. The van der Waals surface area contributed by atoms with Crippen LogP contribution in [0.3, 0.4) is 0 Å². The molecule has 3 saturated carbocycles. The zero-order valence-electron chi connectivity index (χ0n) is 19.8. The Hall–Kier alpha value is -2.10. The lowest BCUT2D eigenvalue weighted by molar-refractivity contribution is -0.573. The van der Waals surface area contributed by atoms with E-state index >= 15 is 8.78 Å². The molecular weight excluding hydrogens is 774 g/mol. The summed E-state index contributed by atoms with van der Waals surface area (Å²) in [6.45, 7) is 0. The largest absolute Gasteiger partial charge is 0.384 e. The molecule has 0 bridgehead atoms. The molecule has 0 spiro atoms. The van der Waals surface area contributed by atoms with Crippen molar-refractivity contribution in [2.75, 3.05) is 0 Å². The Labute approximate surface area is 233 Å². The van der Waals surface area contributed by atoms with Gasteiger partial charge in [0.1, 0.15) is 0 Å². The molecule has 0 unspecified atom stereocenters. The van der Waals surface area contributed by atoms with Crippen LogP contribution in [0.1, 0.15) is 0 Å². The summed E-state index contributed by atoms with van der Waals surface area (Å²) in [5, 5.41) is 0. The molecule has 47 heavy (non-hydrogen) atoms. The third-order valence-corrected chi connectivity index (χ3v) is 7.96. The number of fused-ring (bicyclic) bond motifs is 1. The standard InChI is InChI=1S/C17F30/c18-1-2(19,9(30,31)14(40,41)13(38,39)8(1,28)29)7(26,27)10(32,33)3(20,5(1,22)23)6(24,25)4(21)11(34,35)15(42,43)17(46,47)16(44,45)12(4,36)37/t1-,2+,3-/m1/s1. The molecule has 30 heteroatoms. The van der Waals surface area contributed by atoms with Gasteiger partial charge in [-0.3, -0.25) is 0 Å². The third-order valence-electron chi connectivity index (χ3n) is 7.96. The average molecular weight is 774 g/mol. The molecule has 3 rings (SSSR count). The minimum atomic E-state index is -10.6. The van der Waals surface area contributed by atoms with Gasteiger partial charge in [0.25, 0.3) is 11.3 Å². The van der Waals surface area contributed by atoms with Crippen LogP contribution >= 0.6 is 0 Å². The van der Waals surface area contributed by atoms with Crippen molar-refractivity contribution >= 4 is 0 Å². The Morgan fingerprint density at radius 3 is 0.617 bits per heavy atom. The molecule has 3 atom stereocenters. The van der Waals surface area contributed by atoms with E-state index in [9.17, 15) is 123 Å². The van der Waals surface area contributed by atoms with E-state index in [0.717, 1.165) is 0 Å². The van der Waals surface area contributed by atoms with Gasteiger partial charge in [-0.1, -0.05) is 0 Å². The molecule has 0 saturated heterocycles. The first-order valence-electron chi connectivity index (χ1n) is 10.4. The highest BCUT2D eigenvalue weighted by molar-refractivity contribution is 5.47. The third kappa shape index (κ3) is 2.70. The molecule has 0 aromatic rings. The fraction of sp³-hybridized carbons (Fsp3) is 1.00. The van der Waals surface area contributed by atoms with E-state index in [1.54, 1.807) is 0 Å². The molecule has 3 fully saturated rings. The zero-order chi connectivity index (χ0) is 38.5. The van der Waals surface area contributed by atoms with Gasteiger partial charge in [0.15, 0.2) is 0 Å². The number of alkyl halides is 30. The number of hydrogen-bond acceptors (Lipinski definition) is 0. The van der Waals surface area contributed by atoms with E-state index < -0.39 is 99.7 Å². The molecule has 3 aliphatic rings. The van der Waals surface area contributed by atoms with Gasteiger partial charge in [-0.05, 0) is 0 Å². The fourth-order valence-corrected chi connectivity index (χ4v) is 5.20. The van der Waals surface area contributed by atoms with E-state index in [1.807, 2.05) is 0 Å². The molecule has 0 aromatic carbocycles. The first-order chi connectivity index (χ1) is 19.8. The normalized spacial score (nSPS) is 41.7. The molecule has 0 amide bonds. The maximum absolute atomic E-state index is 15.3. The molecule has 0 aromatic heterocycles. The summed E-state index contributed by atoms with van der Waals surface area (Å²) >= 11 is 0. The highest BCUT2D eigenvalue weighted by atomic mass is 19.4. The second kappa shape index (κ2) is 8.10. The van der Waals surface area contributed by atoms with Gasteiger partial charge in [-0.25, -0.2) is 17.6 Å². The topological polar surface area (TPSA) is 0 Å². The fourth-order valence-electron chi connectivity index (χ4n) is 5.20. The smallest absolute Gasteiger partial charge is 0.226 e. The van der Waals surface area contributed by atoms with Crippen molar-refractivity contribution in [3.63, 3.8) is 0 Å². The van der Waals surface area contributed by atoms with Crippen LogP contribution in [0.4, 0.5) is 132 Å². The lowest BCUT2D eigenvalue weighted by Gasteiger charge is -2.66. The van der Waals surface area contributed by atoms with Crippen LogP contribution < -0.4 is 0 Å². The highest BCUT2D eigenvalue weighted by Gasteiger charge is 3.19. The van der Waals surface area contributed by atoms with Crippen LogP contribution in [0.5, 0.6) is 0 Å². The van der Waals surface area contributed by atoms with Gasteiger partial charge in [-0.2, -0.15) is 114 Å². The van der Waals surface area contributed by atoms with Crippen molar-refractivity contribution in [3.8, 4) is 0 Å². The second-order valence-corrected chi connectivity index (χ2v) is 10.1. The van der Waals surface area contributed by atoms with Crippen LogP contribution in [0, 0.1) is 0 Å². The van der Waals surface area contributed by atoms with E-state index in [2.05, 4.69) is 0 Å². The van der Waals surface area contributed by atoms with Crippen molar-refractivity contribution in [1.29, 1.82) is 0 Å². The highest BCUT2D eigenvalue weighted by Crippen LogP contribution is 2.84. The quantitative estimate of drug-likeness (QED) is 0.246. The zero-order valence-corrected chi connectivity index (χ0v) is 19.8. The minimum Gasteiger partial charge on any atom is -0.226 e. The van der Waals surface area contributed by atoms with Crippen molar-refractivity contribution in [2.24, 2.45) is 0 Å². The first kappa shape index (κ1) is 39.3. The Balaban J connectivity index is 2.74. The second-order valence-electron chi connectivity index (χ2n) is 10.1. The van der Waals surface area contributed by atoms with Crippen molar-refractivity contribution in [1.82, 2.24) is 0 Å². The van der Waals surface area contributed by atoms with Crippen LogP contribution in [-0.2, 0) is 0 Å². The summed E-state index contributed by atoms with van der Waals surface area (Å²) in [5.41, 5.74) is -40.7. The molecule has 278 valence electrons. The van der Waals surface area contributed by atoms with Crippen LogP contribution in [0.25, 0.3) is 0 Å². The summed E-state index contributed by atoms with van der Waals surface area (Å²) in [6.07, 6.45) is 0. The summed E-state index contributed by atoms with van der Waals surface area (Å²) in [4.78, 5) is 0. The molecular formula is C17F30. The average Bonchev–Trinajstić information content (AvgIpc) is 2.87. The van der Waals surface area contributed by atoms with Gasteiger partial charge in [0, 0.05) is 0 Å². The van der Waals surface area contributed by atoms with Gasteiger partial charge in [-0.15, -0.1) is 0 Å². The number of halogens is 30. The maximum Gasteiger partial charge on any atom is 0.384 e. The van der Waals surface area contributed by atoms with E-state index in [1.165, 1.54) is 0 Å². The molecule has 0 radical (unpaired) electrons. The molecule has 0 nitrogen and oxygen atoms in total. The predicted octanol–water partition coefficient (Wildman–Crippen LogP) is 9.12. The van der Waals surface area contributed by atoms with Crippen molar-refractivity contribution in [3.05, 3.63) is 0 Å². The molecule has 3 aliphatic carbocycles. The van der Waals surface area contributed by atoms with Gasteiger partial charge >= 0.3 is 88.3 Å². The van der Waals surface area contributed by atoms with Crippen LogP contribution in [0.15, 0.2) is 0 Å². The van der Waals surface area contributed by atoms with Crippen molar-refractivity contribution < 1.29 is 132 Å². The van der Waals surface area contributed by atoms with Crippen molar-refractivity contribution in [2.45, 2.75) is 99.7 Å². The van der Waals surface area contributed by atoms with Gasteiger partial charge < -0.3 is 0 Å². The SMILES string of the molecule is FC1(F)C(F)(F)C(F)(F)C(F)(C(F)(F)[C@@]2(F)C(F)(F)C(F)(F)[C@]3(F)C(F)(F)C(F)(F)C(F)(F)C(F)(F)[C@]3(F)C2(F)F)C(F)(F)C1(F)F. The van der Waals surface area contributed by atoms with E-state index in [0.29, 0.717) is 0 Å².